The first kappa shape index (κ1) is 21.6. The fraction of sp³-hybridized carbons (Fsp3) is 0. The Balaban J connectivity index is 0.000000403. The van der Waals surface area contributed by atoms with Crippen molar-refractivity contribution in [3.63, 3.8) is 0 Å². The van der Waals surface area contributed by atoms with Gasteiger partial charge in [-0.15, -0.1) is 0 Å². The van der Waals surface area contributed by atoms with Gasteiger partial charge < -0.3 is 19.3 Å². The van der Waals surface area contributed by atoms with E-state index in [1.165, 1.54) is 0 Å². The Kier molecular flexibility index (Phi) is 7.96. The van der Waals surface area contributed by atoms with E-state index in [-0.39, 0.29) is 44.3 Å². The molecule has 0 saturated carbocycles. The molecule has 0 radical (unpaired) electrons. The average molecular weight is 371 g/mol. The molecule has 8 nitrogen and oxygen atoms in total. The fourth-order valence-electron chi connectivity index (χ4n) is 1.23. The summed E-state index contributed by atoms with van der Waals surface area (Å²) >= 11 is 0. The topological polar surface area (TPSA) is 155 Å². The molecule has 2 rings (SSSR count). The van der Waals surface area contributed by atoms with Crippen LogP contribution in [0.25, 0.3) is 0 Å². The van der Waals surface area contributed by atoms with Crippen molar-refractivity contribution in [1.82, 2.24) is 0 Å². The molecule has 0 amide bonds. The maximum atomic E-state index is 10.3. The van der Waals surface area contributed by atoms with Crippen molar-refractivity contribution < 1.29 is 36.2 Å². The number of benzene rings is 2. The summed E-state index contributed by atoms with van der Waals surface area (Å²) in [7, 11) is -8.76. The van der Waals surface area contributed by atoms with Gasteiger partial charge in [-0.1, -0.05) is 0 Å². The molecule has 11 heteroatoms. The van der Waals surface area contributed by atoms with Crippen LogP contribution in [0.5, 0.6) is 11.5 Å². The summed E-state index contributed by atoms with van der Waals surface area (Å²) in [5.74, 6) is -0.144. The van der Waals surface area contributed by atoms with Gasteiger partial charge >= 0.3 is 23.1 Å². The Morgan fingerprint density at radius 2 is 0.826 bits per heavy atom. The molecule has 2 aromatic carbocycles. The predicted octanol–water partition coefficient (Wildman–Crippen LogP) is 0.212. The second-order valence-electron chi connectivity index (χ2n) is 3.90. The third kappa shape index (κ3) is 7.63. The fourth-order valence-corrected chi connectivity index (χ4v) is 2.16. The zero-order chi connectivity index (χ0) is 17.0. The van der Waals surface area contributed by atoms with Crippen LogP contribution in [0.2, 0.25) is 0 Å². The Hall–Kier alpha value is -1.37. The van der Waals surface area contributed by atoms with E-state index in [4.69, 9.17) is 10.2 Å². The van der Waals surface area contributed by atoms with Gasteiger partial charge in [0.2, 0.25) is 0 Å². The van der Waals surface area contributed by atoms with E-state index in [1.54, 1.807) is 0 Å². The maximum Gasteiger partial charge on any atom is 2.00 e. The van der Waals surface area contributed by atoms with Crippen molar-refractivity contribution in [3.8, 4) is 11.5 Å². The molecule has 0 aromatic heterocycles. The number of phenolic OH excluding ortho intramolecular Hbond substituents is 2. The molecule has 0 bridgehead atoms. The van der Waals surface area contributed by atoms with Gasteiger partial charge in [0.25, 0.3) is 0 Å². The molecule has 2 aromatic rings. The van der Waals surface area contributed by atoms with Gasteiger partial charge in [-0.3, -0.25) is 0 Å². The summed E-state index contributed by atoms with van der Waals surface area (Å²) in [6, 6.07) is 8.79. The molecule has 0 fully saturated rings. The van der Waals surface area contributed by atoms with Gasteiger partial charge in [0, 0.05) is 0 Å². The Labute approximate surface area is 149 Å². The van der Waals surface area contributed by atoms with E-state index >= 15 is 0 Å². The number of rotatable bonds is 2. The van der Waals surface area contributed by atoms with Crippen molar-refractivity contribution in [1.29, 1.82) is 0 Å². The minimum atomic E-state index is -4.38. The van der Waals surface area contributed by atoms with E-state index in [0.717, 1.165) is 48.5 Å². The van der Waals surface area contributed by atoms with Crippen molar-refractivity contribution in [2.75, 3.05) is 0 Å². The van der Waals surface area contributed by atoms with Crippen LogP contribution in [0, 0.1) is 0 Å². The van der Waals surface area contributed by atoms with Gasteiger partial charge in [-0.25, -0.2) is 16.8 Å². The van der Waals surface area contributed by atoms with Crippen LogP contribution in [-0.4, -0.2) is 59.2 Å². The maximum absolute atomic E-state index is 10.3. The van der Waals surface area contributed by atoms with Crippen molar-refractivity contribution in [2.45, 2.75) is 9.79 Å². The summed E-state index contributed by atoms with van der Waals surface area (Å²) in [6.45, 7) is 0. The summed E-state index contributed by atoms with van der Waals surface area (Å²) in [5.41, 5.74) is 0. The van der Waals surface area contributed by atoms with Crippen LogP contribution in [0.4, 0.5) is 0 Å². The third-order valence-corrected chi connectivity index (χ3v) is 3.95. The van der Waals surface area contributed by atoms with E-state index < -0.39 is 20.2 Å². The number of hydrogen-bond donors (Lipinski definition) is 2. The zero-order valence-electron chi connectivity index (χ0n) is 11.5. The third-order valence-electron chi connectivity index (χ3n) is 2.25. The molecule has 23 heavy (non-hydrogen) atoms. The molecule has 0 aliphatic rings. The summed E-state index contributed by atoms with van der Waals surface area (Å²) < 4.78 is 61.8. The first-order valence-electron chi connectivity index (χ1n) is 5.50. The van der Waals surface area contributed by atoms with Crippen molar-refractivity contribution >= 4 is 43.3 Å². The van der Waals surface area contributed by atoms with Crippen LogP contribution in [-0.2, 0) is 20.2 Å². The van der Waals surface area contributed by atoms with Gasteiger partial charge in [-0.05, 0) is 48.5 Å². The monoisotopic (exact) mass is 370 g/mol. The standard InChI is InChI=1S/2C6H6O4S.Mg/c2*7-5-1-3-6(4-2-5)11(8,9)10;/h2*1-4,7H,(H,8,9,10);/q;;+2/p-2. The minimum Gasteiger partial charge on any atom is -0.744 e. The van der Waals surface area contributed by atoms with Gasteiger partial charge in [0.05, 0.1) is 9.79 Å². The Bertz CT molecular complexity index is 754. The Morgan fingerprint density at radius 3 is 1.00 bits per heavy atom. The summed E-state index contributed by atoms with van der Waals surface area (Å²) in [4.78, 5) is -0.675. The van der Waals surface area contributed by atoms with Crippen molar-refractivity contribution in [3.05, 3.63) is 48.5 Å². The molecular formula is C12H10MgO8S2. The number of phenols is 2. The number of aromatic hydroxyl groups is 2. The first-order chi connectivity index (χ1) is 10.00. The zero-order valence-corrected chi connectivity index (χ0v) is 14.5. The second-order valence-corrected chi connectivity index (χ2v) is 6.66. The van der Waals surface area contributed by atoms with E-state index in [0.29, 0.717) is 0 Å². The van der Waals surface area contributed by atoms with Gasteiger partial charge in [-0.2, -0.15) is 0 Å². The summed E-state index contributed by atoms with van der Waals surface area (Å²) in [5, 5.41) is 17.5. The molecule has 0 unspecified atom stereocenters. The van der Waals surface area contributed by atoms with Crippen molar-refractivity contribution in [2.24, 2.45) is 0 Å². The minimum absolute atomic E-state index is 0. The molecule has 2 N–H and O–H groups in total. The number of hydrogen-bond acceptors (Lipinski definition) is 8. The predicted molar refractivity (Wildman–Crippen MR) is 77.9 cm³/mol. The molecular weight excluding hydrogens is 361 g/mol. The van der Waals surface area contributed by atoms with Crippen LogP contribution in [0.3, 0.4) is 0 Å². The normalized spacial score (nSPS) is 10.9. The summed E-state index contributed by atoms with van der Waals surface area (Å²) in [6.07, 6.45) is 0. The molecule has 120 valence electrons. The van der Waals surface area contributed by atoms with Gasteiger partial charge in [0.1, 0.15) is 31.7 Å². The van der Waals surface area contributed by atoms with Crippen LogP contribution in [0.1, 0.15) is 0 Å². The largest absolute Gasteiger partial charge is 2.00 e. The van der Waals surface area contributed by atoms with Gasteiger partial charge in [0.15, 0.2) is 0 Å². The smallest absolute Gasteiger partial charge is 0.744 e. The van der Waals surface area contributed by atoms with E-state index in [2.05, 4.69) is 0 Å². The quantitative estimate of drug-likeness (QED) is 0.561. The molecule has 0 heterocycles. The molecule has 0 atom stereocenters. The van der Waals surface area contributed by atoms with Crippen LogP contribution < -0.4 is 0 Å². The van der Waals surface area contributed by atoms with Crippen LogP contribution in [0.15, 0.2) is 58.3 Å². The molecule has 0 aliphatic heterocycles. The van der Waals surface area contributed by atoms with E-state index in [9.17, 15) is 25.9 Å². The SMILES string of the molecule is O=S(=O)([O-])c1ccc(O)cc1.O=S(=O)([O-])c1ccc(O)cc1.[Mg+2]. The second kappa shape index (κ2) is 8.47. The average Bonchev–Trinajstić information content (AvgIpc) is 2.38. The van der Waals surface area contributed by atoms with E-state index in [1.807, 2.05) is 0 Å². The first-order valence-corrected chi connectivity index (χ1v) is 8.31. The molecule has 0 aliphatic carbocycles. The van der Waals surface area contributed by atoms with Crippen LogP contribution >= 0.6 is 0 Å². The Morgan fingerprint density at radius 1 is 0.609 bits per heavy atom. The molecule has 0 saturated heterocycles. The molecule has 0 spiro atoms.